The first kappa shape index (κ1) is 11.2. The topological polar surface area (TPSA) is 42.9 Å². The fourth-order valence-electron chi connectivity index (χ4n) is 1.06. The van der Waals surface area contributed by atoms with Gasteiger partial charge >= 0.3 is 0 Å². The Morgan fingerprint density at radius 2 is 2.00 bits per heavy atom. The zero-order chi connectivity index (χ0) is 10.8. The van der Waals surface area contributed by atoms with Crippen LogP contribution in [-0.4, -0.2) is 32.1 Å². The summed E-state index contributed by atoms with van der Waals surface area (Å²) in [6.07, 6.45) is 4.92. The minimum Gasteiger partial charge on any atom is -0.268 e. The molecule has 4 heteroatoms. The maximum absolute atomic E-state index is 11.5. The molecule has 78 valence electrons. The van der Waals surface area contributed by atoms with Crippen LogP contribution in [0, 0.1) is 0 Å². The molecule has 0 atom stereocenters. The Bertz CT molecular complexity index is 424. The SMILES string of the molecule is CC(C)c1cc(C=S(C)(C)=O)ncn1. The Morgan fingerprint density at radius 3 is 2.50 bits per heavy atom. The predicted octanol–water partition coefficient (Wildman–Crippen LogP) is 1.29. The molecule has 0 unspecified atom stereocenters. The predicted molar refractivity (Wildman–Crippen MR) is 61.3 cm³/mol. The second-order valence-electron chi connectivity index (χ2n) is 3.95. The quantitative estimate of drug-likeness (QED) is 0.694. The van der Waals surface area contributed by atoms with Crippen molar-refractivity contribution in [3.05, 3.63) is 23.8 Å². The van der Waals surface area contributed by atoms with Gasteiger partial charge in [0.25, 0.3) is 0 Å². The highest BCUT2D eigenvalue weighted by Gasteiger charge is 2.02. The van der Waals surface area contributed by atoms with E-state index in [0.717, 1.165) is 11.4 Å². The van der Waals surface area contributed by atoms with Crippen LogP contribution in [0.4, 0.5) is 0 Å². The van der Waals surface area contributed by atoms with Crippen molar-refractivity contribution in [2.24, 2.45) is 0 Å². The Hall–Kier alpha value is -0.900. The van der Waals surface area contributed by atoms with Gasteiger partial charge in [0.05, 0.1) is 5.69 Å². The first-order valence-corrected chi connectivity index (χ1v) is 6.93. The van der Waals surface area contributed by atoms with Gasteiger partial charge in [0.2, 0.25) is 0 Å². The highest BCUT2D eigenvalue weighted by molar-refractivity contribution is 8.00. The summed E-state index contributed by atoms with van der Waals surface area (Å²) in [4.78, 5) is 8.21. The molecule has 0 fully saturated rings. The molecule has 0 spiro atoms. The molecule has 0 saturated heterocycles. The summed E-state index contributed by atoms with van der Waals surface area (Å²) in [5, 5.41) is 1.70. The molecule has 0 aliphatic carbocycles. The second-order valence-corrected chi connectivity index (χ2v) is 6.80. The molecule has 0 saturated carbocycles. The Morgan fingerprint density at radius 1 is 1.36 bits per heavy atom. The molecule has 0 N–H and O–H groups in total. The van der Waals surface area contributed by atoms with Gasteiger partial charge in [0, 0.05) is 23.6 Å². The highest BCUT2D eigenvalue weighted by atomic mass is 32.2. The van der Waals surface area contributed by atoms with E-state index in [1.807, 2.05) is 6.07 Å². The summed E-state index contributed by atoms with van der Waals surface area (Å²) in [5.41, 5.74) is 1.73. The maximum Gasteiger partial charge on any atom is 0.116 e. The zero-order valence-electron chi connectivity index (χ0n) is 9.02. The van der Waals surface area contributed by atoms with Crippen LogP contribution >= 0.6 is 0 Å². The van der Waals surface area contributed by atoms with Gasteiger partial charge in [-0.3, -0.25) is 4.21 Å². The van der Waals surface area contributed by atoms with Crippen molar-refractivity contribution in [1.82, 2.24) is 9.97 Å². The first-order valence-electron chi connectivity index (χ1n) is 4.49. The van der Waals surface area contributed by atoms with Gasteiger partial charge in [-0.15, -0.1) is 0 Å². The molecular formula is C10H16N2OS. The standard InChI is InChI=1S/C10H16N2OS/c1-8(2)10-5-9(11-7-12-10)6-14(3,4)13/h5-8H,1-4H3. The van der Waals surface area contributed by atoms with E-state index in [0.29, 0.717) is 5.92 Å². The van der Waals surface area contributed by atoms with E-state index in [9.17, 15) is 4.21 Å². The lowest BCUT2D eigenvalue weighted by atomic mass is 10.1. The van der Waals surface area contributed by atoms with E-state index in [1.165, 1.54) is 6.33 Å². The van der Waals surface area contributed by atoms with Crippen LogP contribution in [0.3, 0.4) is 0 Å². The lowest BCUT2D eigenvalue weighted by Gasteiger charge is -2.04. The molecular weight excluding hydrogens is 196 g/mol. The average Bonchev–Trinajstić information content (AvgIpc) is 2.01. The van der Waals surface area contributed by atoms with Crippen LogP contribution in [0.25, 0.3) is 0 Å². The van der Waals surface area contributed by atoms with Gasteiger partial charge in [-0.25, -0.2) is 9.97 Å². The fraction of sp³-hybridized carbons (Fsp3) is 0.500. The molecule has 3 nitrogen and oxygen atoms in total. The molecule has 1 aromatic rings. The van der Waals surface area contributed by atoms with Gasteiger partial charge in [0.15, 0.2) is 0 Å². The minimum absolute atomic E-state index is 0.370. The van der Waals surface area contributed by atoms with E-state index in [1.54, 1.807) is 17.9 Å². The fourth-order valence-corrected chi connectivity index (χ4v) is 1.77. The van der Waals surface area contributed by atoms with Crippen molar-refractivity contribution in [3.63, 3.8) is 0 Å². The Labute approximate surface area is 85.6 Å². The smallest absolute Gasteiger partial charge is 0.116 e. The van der Waals surface area contributed by atoms with E-state index < -0.39 is 9.52 Å². The van der Waals surface area contributed by atoms with E-state index in [-0.39, 0.29) is 0 Å². The average molecular weight is 212 g/mol. The normalized spacial score (nSPS) is 11.8. The molecule has 0 radical (unpaired) electrons. The molecule has 0 aromatic carbocycles. The largest absolute Gasteiger partial charge is 0.268 e. The van der Waals surface area contributed by atoms with Gasteiger partial charge in [-0.05, 0) is 21.5 Å². The number of hydrogen-bond donors (Lipinski definition) is 0. The van der Waals surface area contributed by atoms with E-state index in [2.05, 4.69) is 23.8 Å². The Kier molecular flexibility index (Phi) is 3.26. The zero-order valence-corrected chi connectivity index (χ0v) is 9.84. The van der Waals surface area contributed by atoms with Crippen molar-refractivity contribution in [3.8, 4) is 0 Å². The summed E-state index contributed by atoms with van der Waals surface area (Å²) >= 11 is 0. The third-order valence-corrected chi connectivity index (χ3v) is 2.51. The van der Waals surface area contributed by atoms with E-state index >= 15 is 0 Å². The van der Waals surface area contributed by atoms with Gasteiger partial charge < -0.3 is 0 Å². The van der Waals surface area contributed by atoms with Gasteiger partial charge in [-0.1, -0.05) is 13.8 Å². The third-order valence-electron chi connectivity index (χ3n) is 1.71. The van der Waals surface area contributed by atoms with Crippen molar-refractivity contribution in [2.75, 3.05) is 12.5 Å². The summed E-state index contributed by atoms with van der Waals surface area (Å²) in [6.45, 7) is 4.14. The van der Waals surface area contributed by atoms with Crippen molar-refractivity contribution >= 4 is 14.9 Å². The molecule has 1 rings (SSSR count). The van der Waals surface area contributed by atoms with Crippen LogP contribution in [-0.2, 0) is 9.52 Å². The summed E-state index contributed by atoms with van der Waals surface area (Å²) in [7, 11) is -1.88. The first-order chi connectivity index (χ1) is 6.38. The van der Waals surface area contributed by atoms with Gasteiger partial charge in [-0.2, -0.15) is 0 Å². The molecule has 0 aliphatic heterocycles. The number of rotatable bonds is 2. The molecule has 14 heavy (non-hydrogen) atoms. The lowest BCUT2D eigenvalue weighted by Crippen LogP contribution is -2.03. The second kappa shape index (κ2) is 4.09. The summed E-state index contributed by atoms with van der Waals surface area (Å²) in [6, 6.07) is 1.89. The number of nitrogens with zero attached hydrogens (tertiary/aromatic N) is 2. The highest BCUT2D eigenvalue weighted by Crippen LogP contribution is 2.10. The van der Waals surface area contributed by atoms with Crippen molar-refractivity contribution in [2.45, 2.75) is 19.8 Å². The van der Waals surface area contributed by atoms with Crippen LogP contribution in [0.2, 0.25) is 0 Å². The van der Waals surface area contributed by atoms with Crippen LogP contribution in [0.15, 0.2) is 12.4 Å². The molecule has 0 aliphatic rings. The van der Waals surface area contributed by atoms with Crippen LogP contribution in [0.1, 0.15) is 31.2 Å². The summed E-state index contributed by atoms with van der Waals surface area (Å²) in [5.74, 6) is 0.370. The van der Waals surface area contributed by atoms with Crippen molar-refractivity contribution in [1.29, 1.82) is 0 Å². The van der Waals surface area contributed by atoms with Crippen LogP contribution in [0.5, 0.6) is 0 Å². The maximum atomic E-state index is 11.5. The minimum atomic E-state index is -1.88. The Balaban J connectivity index is 3.14. The molecule has 1 heterocycles. The van der Waals surface area contributed by atoms with Crippen LogP contribution < -0.4 is 0 Å². The molecule has 0 bridgehead atoms. The van der Waals surface area contributed by atoms with Gasteiger partial charge in [0.1, 0.15) is 6.33 Å². The third kappa shape index (κ3) is 3.46. The summed E-state index contributed by atoms with van der Waals surface area (Å²) < 4.78 is 11.5. The monoisotopic (exact) mass is 212 g/mol. The van der Waals surface area contributed by atoms with Crippen molar-refractivity contribution < 1.29 is 4.21 Å². The lowest BCUT2D eigenvalue weighted by molar-refractivity contribution is 0.688. The number of hydrogen-bond acceptors (Lipinski definition) is 3. The number of aromatic nitrogens is 2. The molecule has 0 amide bonds. The van der Waals surface area contributed by atoms with E-state index in [4.69, 9.17) is 0 Å². The molecule has 1 aromatic heterocycles.